The molecule has 1 heterocycles. The molecule has 0 bridgehead atoms. The van der Waals surface area contributed by atoms with Gasteiger partial charge in [-0.1, -0.05) is 6.07 Å². The molecule has 0 amide bonds. The quantitative estimate of drug-likeness (QED) is 0.907. The number of hydrogen-bond acceptors (Lipinski definition) is 4. The number of carbonyl (C=O) groups excluding carboxylic acids is 1. The Labute approximate surface area is 135 Å². The third kappa shape index (κ3) is 6.10. The molecular weight excluding hydrogens is 300 g/mol. The number of anilines is 1. The van der Waals surface area contributed by atoms with Crippen LogP contribution in [-0.4, -0.2) is 29.7 Å². The molecule has 23 heavy (non-hydrogen) atoms. The summed E-state index contributed by atoms with van der Waals surface area (Å²) in [7, 11) is 1.92. The summed E-state index contributed by atoms with van der Waals surface area (Å²) >= 11 is 0. The Morgan fingerprint density at radius 2 is 1.65 bits per heavy atom. The fourth-order valence-electron chi connectivity index (χ4n) is 1.71. The molecule has 0 unspecified atom stereocenters. The molecule has 1 aromatic carbocycles. The van der Waals surface area contributed by atoms with Crippen LogP contribution in [0.5, 0.6) is 0 Å². The molecule has 0 aliphatic heterocycles. The molecular formula is C17H21F2N3O. The van der Waals surface area contributed by atoms with E-state index < -0.39 is 5.92 Å². The molecule has 1 fully saturated rings. The highest BCUT2D eigenvalue weighted by atomic mass is 19.3. The van der Waals surface area contributed by atoms with Crippen molar-refractivity contribution >= 4 is 12.5 Å². The summed E-state index contributed by atoms with van der Waals surface area (Å²) in [5.74, 6) is -1.45. The van der Waals surface area contributed by atoms with E-state index in [1.54, 1.807) is 0 Å². The first-order chi connectivity index (χ1) is 10.9. The number of alkyl halides is 2. The van der Waals surface area contributed by atoms with Gasteiger partial charge in [-0.05, 0) is 37.1 Å². The fourth-order valence-corrected chi connectivity index (χ4v) is 1.71. The third-order valence-electron chi connectivity index (χ3n) is 3.25. The summed E-state index contributed by atoms with van der Waals surface area (Å²) in [5, 5.41) is 3.13. The lowest BCUT2D eigenvalue weighted by atomic mass is 10.0. The molecule has 4 nitrogen and oxygen atoms in total. The van der Waals surface area contributed by atoms with Gasteiger partial charge in [0.05, 0.1) is 0 Å². The zero-order valence-electron chi connectivity index (χ0n) is 13.6. The van der Waals surface area contributed by atoms with E-state index in [0.717, 1.165) is 17.1 Å². The van der Waals surface area contributed by atoms with Gasteiger partial charge in [0.1, 0.15) is 12.6 Å². The molecule has 0 spiro atoms. The minimum atomic E-state index is -2.25. The number of nitrogens with zero attached hydrogens (tertiary/aromatic N) is 2. The van der Waals surface area contributed by atoms with Gasteiger partial charge in [0.15, 0.2) is 0 Å². The van der Waals surface area contributed by atoms with Crippen LogP contribution in [0.1, 0.15) is 24.2 Å². The fraction of sp³-hybridized carbons (Fsp3) is 0.353. The molecule has 1 N–H and O–H groups in total. The Hall–Kier alpha value is -2.37. The monoisotopic (exact) mass is 321 g/mol. The summed E-state index contributed by atoms with van der Waals surface area (Å²) in [4.78, 5) is 16.4. The summed E-state index contributed by atoms with van der Waals surface area (Å²) in [6.45, 7) is 5.98. The van der Waals surface area contributed by atoms with E-state index in [4.69, 9.17) is 4.79 Å². The van der Waals surface area contributed by atoms with Crippen molar-refractivity contribution in [2.24, 2.45) is 0 Å². The summed E-state index contributed by atoms with van der Waals surface area (Å²) in [5.41, 5.74) is 4.56. The number of nitrogens with one attached hydrogen (secondary N) is 1. The smallest absolute Gasteiger partial charge is 0.248 e. The molecule has 1 aliphatic rings. The number of halogens is 2. The predicted molar refractivity (Wildman–Crippen MR) is 87.8 cm³/mol. The molecule has 3 rings (SSSR count). The van der Waals surface area contributed by atoms with Crippen LogP contribution in [0.25, 0.3) is 11.1 Å². The minimum Gasteiger partial charge on any atom is -0.388 e. The lowest BCUT2D eigenvalue weighted by Gasteiger charge is -2.08. The second-order valence-electron chi connectivity index (χ2n) is 5.15. The van der Waals surface area contributed by atoms with Gasteiger partial charge in [-0.3, -0.25) is 0 Å². The Balaban J connectivity index is 0.000000317. The average Bonchev–Trinajstić information content (AvgIpc) is 3.26. The standard InChI is InChI=1S/C13H15N3.C3H4F2.CH2O/c1-9-4-5-12(14-3)6-13(9)11-7-15-10(2)16-8-11;4-3(5)1-2-3;1-2/h4-8,14H,1-3H3;1-2H2;1H2. The number of aromatic nitrogens is 2. The largest absolute Gasteiger partial charge is 0.388 e. The van der Waals surface area contributed by atoms with E-state index in [1.807, 2.05) is 33.2 Å². The molecule has 2 aromatic rings. The second kappa shape index (κ2) is 8.31. The molecule has 6 heteroatoms. The SMILES string of the molecule is C=O.CNc1ccc(C)c(-c2cnc(C)nc2)c1.FC1(F)CC1. The first-order valence-corrected chi connectivity index (χ1v) is 7.15. The zero-order valence-corrected chi connectivity index (χ0v) is 13.6. The molecule has 0 atom stereocenters. The maximum atomic E-state index is 11.1. The van der Waals surface area contributed by atoms with Crippen LogP contribution in [0.3, 0.4) is 0 Å². The summed E-state index contributed by atoms with van der Waals surface area (Å²) in [6.07, 6.45) is 3.97. The highest BCUT2D eigenvalue weighted by Gasteiger charge is 2.43. The van der Waals surface area contributed by atoms with Crippen LogP contribution in [0.15, 0.2) is 30.6 Å². The first kappa shape index (κ1) is 18.7. The van der Waals surface area contributed by atoms with Crippen molar-refractivity contribution in [1.29, 1.82) is 0 Å². The maximum absolute atomic E-state index is 11.1. The van der Waals surface area contributed by atoms with Gasteiger partial charge in [-0.15, -0.1) is 0 Å². The molecule has 1 saturated carbocycles. The number of benzene rings is 1. The van der Waals surface area contributed by atoms with E-state index in [1.165, 1.54) is 11.1 Å². The van der Waals surface area contributed by atoms with E-state index in [-0.39, 0.29) is 12.8 Å². The van der Waals surface area contributed by atoms with Gasteiger partial charge in [-0.2, -0.15) is 0 Å². The topological polar surface area (TPSA) is 54.9 Å². The van der Waals surface area contributed by atoms with Crippen molar-refractivity contribution in [3.8, 4) is 11.1 Å². The van der Waals surface area contributed by atoms with Crippen molar-refractivity contribution in [2.75, 3.05) is 12.4 Å². The average molecular weight is 321 g/mol. The van der Waals surface area contributed by atoms with Gasteiger partial charge < -0.3 is 10.1 Å². The lowest BCUT2D eigenvalue weighted by Crippen LogP contribution is -1.92. The van der Waals surface area contributed by atoms with E-state index in [0.29, 0.717) is 0 Å². The Morgan fingerprint density at radius 3 is 2.09 bits per heavy atom. The van der Waals surface area contributed by atoms with Gasteiger partial charge in [-0.25, -0.2) is 18.7 Å². The molecule has 0 radical (unpaired) electrons. The van der Waals surface area contributed by atoms with Crippen molar-refractivity contribution < 1.29 is 13.6 Å². The molecule has 0 saturated heterocycles. The van der Waals surface area contributed by atoms with Gasteiger partial charge in [0, 0.05) is 43.5 Å². The van der Waals surface area contributed by atoms with Crippen molar-refractivity contribution in [3.63, 3.8) is 0 Å². The first-order valence-electron chi connectivity index (χ1n) is 7.15. The van der Waals surface area contributed by atoms with Crippen LogP contribution in [-0.2, 0) is 4.79 Å². The van der Waals surface area contributed by atoms with Crippen LogP contribution in [0, 0.1) is 13.8 Å². The van der Waals surface area contributed by atoms with Gasteiger partial charge in [0.25, 0.3) is 0 Å². The van der Waals surface area contributed by atoms with Crippen LogP contribution >= 0.6 is 0 Å². The molecule has 1 aromatic heterocycles. The number of carbonyl (C=O) groups is 1. The molecule has 1 aliphatic carbocycles. The summed E-state index contributed by atoms with van der Waals surface area (Å²) in [6, 6.07) is 6.28. The Morgan fingerprint density at radius 1 is 1.13 bits per heavy atom. The van der Waals surface area contributed by atoms with Gasteiger partial charge in [0.2, 0.25) is 5.92 Å². The highest BCUT2D eigenvalue weighted by molar-refractivity contribution is 5.70. The number of aryl methyl sites for hydroxylation is 2. The van der Waals surface area contributed by atoms with Gasteiger partial charge >= 0.3 is 0 Å². The number of rotatable bonds is 2. The van der Waals surface area contributed by atoms with E-state index >= 15 is 0 Å². The van der Waals surface area contributed by atoms with Crippen LogP contribution < -0.4 is 5.32 Å². The lowest BCUT2D eigenvalue weighted by molar-refractivity contribution is -0.0980. The van der Waals surface area contributed by atoms with E-state index in [2.05, 4.69) is 40.4 Å². The zero-order chi connectivity index (χ0) is 17.5. The highest BCUT2D eigenvalue weighted by Crippen LogP contribution is 2.40. The number of hydrogen-bond donors (Lipinski definition) is 1. The van der Waals surface area contributed by atoms with Crippen molar-refractivity contribution in [2.45, 2.75) is 32.6 Å². The van der Waals surface area contributed by atoms with E-state index in [9.17, 15) is 8.78 Å². The predicted octanol–water partition coefficient (Wildman–Crippen LogP) is 4.03. The normalized spacial score (nSPS) is 13.8. The third-order valence-corrected chi connectivity index (χ3v) is 3.25. The molecule has 124 valence electrons. The van der Waals surface area contributed by atoms with Crippen molar-refractivity contribution in [1.82, 2.24) is 9.97 Å². The Kier molecular flexibility index (Phi) is 6.75. The maximum Gasteiger partial charge on any atom is 0.248 e. The minimum absolute atomic E-state index is 0.118. The van der Waals surface area contributed by atoms with Crippen LogP contribution in [0.2, 0.25) is 0 Å². The van der Waals surface area contributed by atoms with Crippen molar-refractivity contribution in [3.05, 3.63) is 42.0 Å². The second-order valence-corrected chi connectivity index (χ2v) is 5.15. The Bertz CT molecular complexity index is 624. The van der Waals surface area contributed by atoms with Crippen LogP contribution in [0.4, 0.5) is 14.5 Å². The summed E-state index contributed by atoms with van der Waals surface area (Å²) < 4.78 is 22.3.